The van der Waals surface area contributed by atoms with E-state index in [0.29, 0.717) is 22.3 Å². The Morgan fingerprint density at radius 1 is 0.575 bits per heavy atom. The average molecular weight is 591 g/mol. The first kappa shape index (κ1) is 27.3. The van der Waals surface area contributed by atoms with Gasteiger partial charge in [-0.05, 0) is 48.2 Å². The number of rotatable bonds is 8. The molecule has 0 spiro atoms. The summed E-state index contributed by atoms with van der Waals surface area (Å²) in [6.45, 7) is 3.82. The van der Waals surface area contributed by atoms with Crippen molar-refractivity contribution < 1.29 is 45.8 Å². The molecule has 0 atom stereocenters. The van der Waals surface area contributed by atoms with Gasteiger partial charge >= 0.3 is 20.2 Å². The standard InChI is InChI=1S/C26H26N2O10S2/c1-3-15-5-9-17(10-6-15)39(33,34)37-27-23(29)19-13-21-22(14-20(19)24(27)30)26(32)28(25(21)31)38-40(35,36)18-11-7-16(4-2)8-12-18/h5-12,29-32H,3-4,13-14H2,1-2H3. The second-order valence-electron chi connectivity index (χ2n) is 9.20. The fourth-order valence-electron chi connectivity index (χ4n) is 4.53. The van der Waals surface area contributed by atoms with Crippen LogP contribution in [0, 0.1) is 0 Å². The summed E-state index contributed by atoms with van der Waals surface area (Å²) in [7, 11) is -8.92. The predicted molar refractivity (Wildman–Crippen MR) is 140 cm³/mol. The molecule has 40 heavy (non-hydrogen) atoms. The van der Waals surface area contributed by atoms with Gasteiger partial charge in [-0.25, -0.2) is 0 Å². The molecule has 0 unspecified atom stereocenters. The molecule has 1 aliphatic carbocycles. The van der Waals surface area contributed by atoms with E-state index in [2.05, 4.69) is 0 Å². The van der Waals surface area contributed by atoms with Crippen LogP contribution in [0.5, 0.6) is 23.5 Å². The fraction of sp³-hybridized carbons (Fsp3) is 0.231. The lowest BCUT2D eigenvalue weighted by Gasteiger charge is -2.11. The largest absolute Gasteiger partial charge is 0.492 e. The van der Waals surface area contributed by atoms with Gasteiger partial charge in [-0.15, -0.1) is 0 Å². The van der Waals surface area contributed by atoms with Crippen LogP contribution in [0.4, 0.5) is 0 Å². The lowest BCUT2D eigenvalue weighted by atomic mass is 9.90. The van der Waals surface area contributed by atoms with Crippen molar-refractivity contribution in [2.45, 2.75) is 49.3 Å². The molecule has 0 aliphatic heterocycles. The van der Waals surface area contributed by atoms with E-state index < -0.39 is 43.8 Å². The maximum atomic E-state index is 12.8. The van der Waals surface area contributed by atoms with Crippen molar-refractivity contribution in [1.29, 1.82) is 0 Å². The Hall–Kier alpha value is -4.30. The minimum atomic E-state index is -4.46. The number of nitrogens with zero attached hydrogens (tertiary/aromatic N) is 2. The molecule has 4 aromatic rings. The number of aromatic nitrogens is 2. The van der Waals surface area contributed by atoms with Gasteiger partial charge in [0.1, 0.15) is 9.79 Å². The molecule has 2 aromatic carbocycles. The molecule has 1 aliphatic rings. The van der Waals surface area contributed by atoms with Crippen LogP contribution in [-0.4, -0.2) is 46.7 Å². The Labute approximate surface area is 230 Å². The lowest BCUT2D eigenvalue weighted by molar-refractivity contribution is 0.200. The smallest absolute Gasteiger partial charge is 0.357 e. The van der Waals surface area contributed by atoms with Crippen molar-refractivity contribution in [2.24, 2.45) is 0 Å². The fourth-order valence-corrected chi connectivity index (χ4v) is 6.32. The number of hydrogen-bond acceptors (Lipinski definition) is 10. The van der Waals surface area contributed by atoms with Gasteiger partial charge in [0.25, 0.3) is 0 Å². The van der Waals surface area contributed by atoms with Crippen molar-refractivity contribution in [3.63, 3.8) is 0 Å². The summed E-state index contributed by atoms with van der Waals surface area (Å²) >= 11 is 0. The zero-order valence-electron chi connectivity index (χ0n) is 21.4. The van der Waals surface area contributed by atoms with Crippen LogP contribution >= 0.6 is 0 Å². The van der Waals surface area contributed by atoms with Crippen molar-refractivity contribution >= 4 is 20.2 Å². The van der Waals surface area contributed by atoms with E-state index in [9.17, 15) is 37.3 Å². The van der Waals surface area contributed by atoms with Crippen molar-refractivity contribution in [1.82, 2.24) is 9.46 Å². The lowest BCUT2D eigenvalue weighted by Crippen LogP contribution is -2.20. The summed E-state index contributed by atoms with van der Waals surface area (Å²) in [6, 6.07) is 11.8. The Balaban J connectivity index is 1.45. The number of aryl methyl sites for hydroxylation is 2. The second kappa shape index (κ2) is 9.71. The average Bonchev–Trinajstić information content (AvgIpc) is 3.31. The molecule has 0 saturated carbocycles. The molecule has 212 valence electrons. The van der Waals surface area contributed by atoms with Crippen molar-refractivity contribution in [3.05, 3.63) is 81.9 Å². The highest BCUT2D eigenvalue weighted by molar-refractivity contribution is 7.87. The number of hydrogen-bond donors (Lipinski definition) is 4. The van der Waals surface area contributed by atoms with E-state index in [1.807, 2.05) is 13.8 Å². The van der Waals surface area contributed by atoms with Gasteiger partial charge < -0.3 is 20.4 Å². The third kappa shape index (κ3) is 4.48. The van der Waals surface area contributed by atoms with Crippen LogP contribution in [0.3, 0.4) is 0 Å². The summed E-state index contributed by atoms with van der Waals surface area (Å²) in [6.07, 6.45) is 0.761. The molecular formula is C26H26N2O10S2. The third-order valence-corrected chi connectivity index (χ3v) is 9.26. The van der Waals surface area contributed by atoms with E-state index in [4.69, 9.17) is 8.57 Å². The SMILES string of the molecule is CCc1ccc(S(=O)(=O)On2c(O)c3c(c2O)Cc2c(c(O)n(OS(=O)(=O)c4ccc(CC)cc4)c2O)C3)cc1. The Morgan fingerprint density at radius 3 is 1.10 bits per heavy atom. The normalized spacial score (nSPS) is 13.1. The molecule has 5 rings (SSSR count). The summed E-state index contributed by atoms with van der Waals surface area (Å²) in [5.74, 6) is -2.99. The molecular weight excluding hydrogens is 564 g/mol. The summed E-state index contributed by atoms with van der Waals surface area (Å²) in [4.78, 5) is -0.405. The summed E-state index contributed by atoms with van der Waals surface area (Å²) in [5.41, 5.74) is 1.82. The van der Waals surface area contributed by atoms with Gasteiger partial charge in [0.15, 0.2) is 0 Å². The second-order valence-corrected chi connectivity index (χ2v) is 12.3. The van der Waals surface area contributed by atoms with E-state index in [1.165, 1.54) is 24.3 Å². The van der Waals surface area contributed by atoms with Crippen molar-refractivity contribution in [3.8, 4) is 23.5 Å². The number of benzene rings is 2. The Kier molecular flexibility index (Phi) is 6.62. The van der Waals surface area contributed by atoms with E-state index in [-0.39, 0.29) is 44.9 Å². The third-order valence-electron chi connectivity index (χ3n) is 6.87. The molecule has 0 fully saturated rings. The predicted octanol–water partition coefficient (Wildman–Crippen LogP) is 2.37. The maximum absolute atomic E-state index is 12.8. The molecule has 4 N–H and O–H groups in total. The molecule has 2 aromatic heterocycles. The summed E-state index contributed by atoms with van der Waals surface area (Å²) in [5, 5.41) is 43.0. The van der Waals surface area contributed by atoms with Crippen LogP contribution in [0.1, 0.15) is 47.2 Å². The molecule has 12 nitrogen and oxygen atoms in total. The van der Waals surface area contributed by atoms with Crippen LogP contribution in [0.2, 0.25) is 0 Å². The first-order valence-electron chi connectivity index (χ1n) is 12.2. The van der Waals surface area contributed by atoms with Gasteiger partial charge in [-0.1, -0.05) is 47.6 Å². The van der Waals surface area contributed by atoms with Crippen LogP contribution in [-0.2, 0) is 45.9 Å². The first-order chi connectivity index (χ1) is 18.9. The van der Waals surface area contributed by atoms with E-state index in [0.717, 1.165) is 11.1 Å². The molecule has 0 amide bonds. The maximum Gasteiger partial charge on any atom is 0.357 e. The minimum absolute atomic E-state index is 0.00647. The molecule has 0 radical (unpaired) electrons. The van der Waals surface area contributed by atoms with Crippen LogP contribution in [0.25, 0.3) is 0 Å². The number of fused-ring (bicyclic) bond motifs is 2. The highest BCUT2D eigenvalue weighted by Gasteiger charge is 2.37. The van der Waals surface area contributed by atoms with Gasteiger partial charge in [-0.3, -0.25) is 8.57 Å². The molecule has 0 bridgehead atoms. The zero-order chi connectivity index (χ0) is 29.0. The van der Waals surface area contributed by atoms with Gasteiger partial charge in [0.2, 0.25) is 23.5 Å². The van der Waals surface area contributed by atoms with Crippen LogP contribution < -0.4 is 8.57 Å². The quantitative estimate of drug-likeness (QED) is 0.210. The highest BCUT2D eigenvalue weighted by Crippen LogP contribution is 2.46. The monoisotopic (exact) mass is 590 g/mol. The molecule has 2 heterocycles. The van der Waals surface area contributed by atoms with Gasteiger partial charge in [-0.2, -0.15) is 16.8 Å². The topological polar surface area (TPSA) is 178 Å². The van der Waals surface area contributed by atoms with Gasteiger partial charge in [0, 0.05) is 35.1 Å². The van der Waals surface area contributed by atoms with Crippen molar-refractivity contribution in [2.75, 3.05) is 0 Å². The molecule has 0 saturated heterocycles. The van der Waals surface area contributed by atoms with Crippen LogP contribution in [0.15, 0.2) is 58.3 Å². The minimum Gasteiger partial charge on any atom is -0.492 e. The van der Waals surface area contributed by atoms with Gasteiger partial charge in [0.05, 0.1) is 0 Å². The number of aromatic hydroxyl groups is 4. The van der Waals surface area contributed by atoms with E-state index in [1.54, 1.807) is 24.3 Å². The molecule has 14 heteroatoms. The Bertz CT molecular complexity index is 1630. The zero-order valence-corrected chi connectivity index (χ0v) is 23.0. The Morgan fingerprint density at radius 2 is 0.850 bits per heavy atom. The highest BCUT2D eigenvalue weighted by atomic mass is 32.2. The first-order valence-corrected chi connectivity index (χ1v) is 15.1. The summed E-state index contributed by atoms with van der Waals surface area (Å²) < 4.78 is 62.0. The van der Waals surface area contributed by atoms with E-state index >= 15 is 0 Å².